The van der Waals surface area contributed by atoms with Gasteiger partial charge in [0.2, 0.25) is 0 Å². The van der Waals surface area contributed by atoms with Gasteiger partial charge in [-0.1, -0.05) is 66.7 Å². The average molecular weight is 325 g/mol. The van der Waals surface area contributed by atoms with Crippen LogP contribution in [-0.4, -0.2) is 18.2 Å². The molecule has 0 heterocycles. The first-order chi connectivity index (χ1) is 10.7. The molecule has 1 aromatic rings. The molecule has 0 spiro atoms. The smallest absolute Gasteiger partial charge is 0.293 e. The summed E-state index contributed by atoms with van der Waals surface area (Å²) in [4.78, 5) is 9.90. The van der Waals surface area contributed by atoms with E-state index >= 15 is 0 Å². The summed E-state index contributed by atoms with van der Waals surface area (Å²) >= 11 is 0. The highest BCUT2D eigenvalue weighted by molar-refractivity contribution is 5.36. The van der Waals surface area contributed by atoms with Crippen LogP contribution in [0.1, 0.15) is 67.7 Å². The lowest BCUT2D eigenvalue weighted by atomic mass is 9.67. The maximum atomic E-state index is 9.90. The standard InChI is InChI=1S/C12H24O2.C6H6O.C2H6/c1-11(2,3)12(4,5)8-6-7-9-14-10-13;7-6-4-2-1-3-5-6;1-2/h10H,6-9H2,1-5H3;1-5,7H;1-2H3. The minimum Gasteiger partial charge on any atom is -0.508 e. The highest BCUT2D eigenvalue weighted by Gasteiger charge is 2.31. The molecular weight excluding hydrogens is 288 g/mol. The van der Waals surface area contributed by atoms with Crippen LogP contribution in [0, 0.1) is 10.8 Å². The highest BCUT2D eigenvalue weighted by Crippen LogP contribution is 2.41. The first-order valence-electron chi connectivity index (χ1n) is 8.50. The molecule has 1 rings (SSSR count). The van der Waals surface area contributed by atoms with Crippen LogP contribution in [0.2, 0.25) is 0 Å². The number of phenols is 1. The molecule has 0 radical (unpaired) electrons. The Morgan fingerprint density at radius 2 is 1.52 bits per heavy atom. The lowest BCUT2D eigenvalue weighted by molar-refractivity contribution is -0.128. The SMILES string of the molecule is CC.CC(C)(C)C(C)(C)CCCCOC=O.Oc1ccccc1. The Balaban J connectivity index is 0. The molecule has 23 heavy (non-hydrogen) atoms. The third kappa shape index (κ3) is 12.7. The molecule has 3 heteroatoms. The summed E-state index contributed by atoms with van der Waals surface area (Å²) < 4.78 is 4.65. The number of para-hydroxylation sites is 1. The van der Waals surface area contributed by atoms with Crippen molar-refractivity contribution in [1.29, 1.82) is 0 Å². The van der Waals surface area contributed by atoms with Crippen molar-refractivity contribution in [1.82, 2.24) is 0 Å². The Morgan fingerprint density at radius 3 is 1.87 bits per heavy atom. The van der Waals surface area contributed by atoms with Gasteiger partial charge in [-0.2, -0.15) is 0 Å². The van der Waals surface area contributed by atoms with E-state index in [9.17, 15) is 4.79 Å². The molecule has 0 amide bonds. The molecule has 0 aliphatic rings. The second kappa shape index (κ2) is 13.0. The van der Waals surface area contributed by atoms with Crippen LogP contribution >= 0.6 is 0 Å². The Morgan fingerprint density at radius 1 is 1.00 bits per heavy atom. The van der Waals surface area contributed by atoms with Gasteiger partial charge in [-0.3, -0.25) is 4.79 Å². The Labute approximate surface area is 143 Å². The molecule has 3 nitrogen and oxygen atoms in total. The van der Waals surface area contributed by atoms with Crippen molar-refractivity contribution >= 4 is 6.47 Å². The molecule has 0 unspecified atom stereocenters. The van der Waals surface area contributed by atoms with Crippen LogP contribution in [0.4, 0.5) is 0 Å². The molecule has 0 bridgehead atoms. The molecule has 134 valence electrons. The molecular formula is C20H36O3. The molecule has 0 fully saturated rings. The Kier molecular flexibility index (Phi) is 13.4. The zero-order valence-electron chi connectivity index (χ0n) is 16.1. The zero-order chi connectivity index (χ0) is 18.4. The molecule has 0 saturated heterocycles. The summed E-state index contributed by atoms with van der Waals surface area (Å²) in [5.41, 5.74) is 0.673. The van der Waals surface area contributed by atoms with Crippen LogP contribution < -0.4 is 0 Å². The van der Waals surface area contributed by atoms with Crippen molar-refractivity contribution in [3.8, 4) is 5.75 Å². The Bertz CT molecular complexity index is 378. The van der Waals surface area contributed by atoms with Crippen molar-refractivity contribution < 1.29 is 14.6 Å². The fourth-order valence-corrected chi connectivity index (χ4v) is 1.60. The van der Waals surface area contributed by atoms with E-state index in [1.807, 2.05) is 19.9 Å². The largest absolute Gasteiger partial charge is 0.508 e. The summed E-state index contributed by atoms with van der Waals surface area (Å²) in [6.07, 6.45) is 3.27. The summed E-state index contributed by atoms with van der Waals surface area (Å²) in [5, 5.41) is 8.63. The van der Waals surface area contributed by atoms with Crippen molar-refractivity contribution in [2.75, 3.05) is 6.61 Å². The molecule has 0 aliphatic carbocycles. The number of carbonyl (C=O) groups is 1. The van der Waals surface area contributed by atoms with Gasteiger partial charge in [-0.05, 0) is 42.2 Å². The van der Waals surface area contributed by atoms with E-state index in [-0.39, 0.29) is 0 Å². The van der Waals surface area contributed by atoms with E-state index in [1.54, 1.807) is 24.3 Å². The highest BCUT2D eigenvalue weighted by atomic mass is 16.5. The first-order valence-corrected chi connectivity index (χ1v) is 8.50. The first kappa shape index (κ1) is 23.8. The van der Waals surface area contributed by atoms with Crippen molar-refractivity contribution in [2.24, 2.45) is 10.8 Å². The van der Waals surface area contributed by atoms with Gasteiger partial charge in [0.15, 0.2) is 0 Å². The maximum Gasteiger partial charge on any atom is 0.293 e. The number of hydrogen-bond acceptors (Lipinski definition) is 3. The van der Waals surface area contributed by atoms with E-state index in [1.165, 1.54) is 6.42 Å². The van der Waals surface area contributed by atoms with Gasteiger partial charge in [0, 0.05) is 0 Å². The molecule has 0 atom stereocenters. The third-order valence-corrected chi connectivity index (χ3v) is 4.17. The summed E-state index contributed by atoms with van der Waals surface area (Å²) in [6, 6.07) is 8.71. The van der Waals surface area contributed by atoms with Gasteiger partial charge in [0.1, 0.15) is 5.75 Å². The minimum atomic E-state index is 0.322. The topological polar surface area (TPSA) is 46.5 Å². The van der Waals surface area contributed by atoms with Gasteiger partial charge < -0.3 is 9.84 Å². The van der Waals surface area contributed by atoms with Crippen LogP contribution in [0.3, 0.4) is 0 Å². The molecule has 0 saturated carbocycles. The van der Waals surface area contributed by atoms with Crippen molar-refractivity contribution in [2.45, 2.75) is 67.7 Å². The quantitative estimate of drug-likeness (QED) is 0.529. The Hall–Kier alpha value is -1.51. The summed E-state index contributed by atoms with van der Waals surface area (Å²) in [7, 11) is 0. The van der Waals surface area contributed by atoms with Crippen LogP contribution in [0.5, 0.6) is 5.75 Å². The number of unbranched alkanes of at least 4 members (excludes halogenated alkanes) is 1. The molecule has 0 aliphatic heterocycles. The van der Waals surface area contributed by atoms with Crippen LogP contribution in [-0.2, 0) is 9.53 Å². The second-order valence-corrected chi connectivity index (χ2v) is 6.89. The van der Waals surface area contributed by atoms with Crippen molar-refractivity contribution in [3.63, 3.8) is 0 Å². The van der Waals surface area contributed by atoms with E-state index < -0.39 is 0 Å². The lowest BCUT2D eigenvalue weighted by Crippen LogP contribution is -2.29. The van der Waals surface area contributed by atoms with Gasteiger partial charge in [0.05, 0.1) is 6.61 Å². The number of hydrogen-bond donors (Lipinski definition) is 1. The fraction of sp³-hybridized carbons (Fsp3) is 0.650. The van der Waals surface area contributed by atoms with E-state index in [0.717, 1.165) is 12.8 Å². The number of ether oxygens (including phenoxy) is 1. The number of benzene rings is 1. The normalized spacial score (nSPS) is 10.6. The van der Waals surface area contributed by atoms with Crippen LogP contribution in [0.15, 0.2) is 30.3 Å². The van der Waals surface area contributed by atoms with Gasteiger partial charge in [-0.25, -0.2) is 0 Å². The third-order valence-electron chi connectivity index (χ3n) is 4.17. The predicted octanol–water partition coefficient (Wildman–Crippen LogP) is 5.82. The molecule has 1 N–H and O–H groups in total. The number of rotatable bonds is 6. The van der Waals surface area contributed by atoms with E-state index in [4.69, 9.17) is 5.11 Å². The van der Waals surface area contributed by atoms with Crippen molar-refractivity contribution in [3.05, 3.63) is 30.3 Å². The minimum absolute atomic E-state index is 0.322. The van der Waals surface area contributed by atoms with Crippen LogP contribution in [0.25, 0.3) is 0 Å². The monoisotopic (exact) mass is 324 g/mol. The van der Waals surface area contributed by atoms with Gasteiger partial charge >= 0.3 is 0 Å². The second-order valence-electron chi connectivity index (χ2n) is 6.89. The summed E-state index contributed by atoms with van der Waals surface area (Å²) in [6.45, 7) is 16.5. The van der Waals surface area contributed by atoms with E-state index in [0.29, 0.717) is 29.7 Å². The number of phenolic OH excluding ortho intramolecular Hbond substituents is 1. The molecule has 1 aromatic carbocycles. The fourth-order valence-electron chi connectivity index (χ4n) is 1.60. The maximum absolute atomic E-state index is 9.90. The van der Waals surface area contributed by atoms with Gasteiger partial charge in [0.25, 0.3) is 6.47 Å². The molecule has 0 aromatic heterocycles. The summed E-state index contributed by atoms with van der Waals surface area (Å²) in [5.74, 6) is 0.322. The average Bonchev–Trinajstić information content (AvgIpc) is 2.49. The number of aromatic hydroxyl groups is 1. The van der Waals surface area contributed by atoms with Gasteiger partial charge in [-0.15, -0.1) is 0 Å². The van der Waals surface area contributed by atoms with E-state index in [2.05, 4.69) is 39.4 Å². The lowest BCUT2D eigenvalue weighted by Gasteiger charge is -2.39. The zero-order valence-corrected chi connectivity index (χ0v) is 16.1. The predicted molar refractivity (Wildman–Crippen MR) is 98.6 cm³/mol. The number of carbonyl (C=O) groups excluding carboxylic acids is 1.